The Hall–Kier alpha value is -3.76. The Kier molecular flexibility index (Phi) is 5.77. The van der Waals surface area contributed by atoms with Crippen LogP contribution in [0.15, 0.2) is 120 Å². The van der Waals surface area contributed by atoms with Crippen LogP contribution < -0.4 is 9.80 Å². The van der Waals surface area contributed by atoms with E-state index >= 15 is 0 Å². The molecule has 1 aliphatic heterocycles. The molecule has 1 fully saturated rings. The molecule has 3 nitrogen and oxygen atoms in total. The van der Waals surface area contributed by atoms with Crippen molar-refractivity contribution in [1.29, 1.82) is 0 Å². The monoisotopic (exact) mass is 434 g/mol. The van der Waals surface area contributed by atoms with Gasteiger partial charge >= 0.3 is 0 Å². The third-order valence-corrected chi connectivity index (χ3v) is 6.34. The average molecular weight is 435 g/mol. The molecule has 0 aliphatic carbocycles. The second-order valence-electron chi connectivity index (χ2n) is 7.45. The second-order valence-corrected chi connectivity index (χ2v) is 8.44. The largest absolute Gasteiger partial charge is 0.311 e. The van der Waals surface area contributed by atoms with Crippen molar-refractivity contribution in [2.75, 3.05) is 15.7 Å². The third kappa shape index (κ3) is 4.18. The molecule has 1 amide bonds. The van der Waals surface area contributed by atoms with Crippen LogP contribution >= 0.6 is 11.8 Å². The number of thioether (sulfide) groups is 1. The average Bonchev–Trinajstić information content (AvgIpc) is 3.22. The van der Waals surface area contributed by atoms with Gasteiger partial charge in [-0.3, -0.25) is 9.69 Å². The fraction of sp³-hybridized carbons (Fsp3) is 0.0357. The smallest absolute Gasteiger partial charge is 0.265 e. The van der Waals surface area contributed by atoms with E-state index in [0.29, 0.717) is 5.88 Å². The molecule has 4 heteroatoms. The van der Waals surface area contributed by atoms with Crippen LogP contribution in [-0.4, -0.2) is 11.8 Å². The molecule has 4 aromatic carbocycles. The molecule has 5 rings (SSSR count). The minimum absolute atomic E-state index is 0.0560. The summed E-state index contributed by atoms with van der Waals surface area (Å²) in [5.41, 5.74) is 5.22. The van der Waals surface area contributed by atoms with E-state index in [1.165, 1.54) is 0 Å². The van der Waals surface area contributed by atoms with Crippen LogP contribution in [0.2, 0.25) is 0 Å². The summed E-state index contributed by atoms with van der Waals surface area (Å²) >= 11 is 1.58. The van der Waals surface area contributed by atoms with Gasteiger partial charge in [-0.25, -0.2) is 0 Å². The fourth-order valence-corrected chi connectivity index (χ4v) is 4.75. The highest BCUT2D eigenvalue weighted by atomic mass is 32.2. The van der Waals surface area contributed by atoms with E-state index in [0.717, 1.165) is 33.2 Å². The number of amides is 1. The van der Waals surface area contributed by atoms with Crippen LogP contribution in [-0.2, 0) is 4.79 Å². The van der Waals surface area contributed by atoms with Crippen LogP contribution in [0.5, 0.6) is 0 Å². The first kappa shape index (κ1) is 20.2. The second kappa shape index (κ2) is 9.16. The molecule has 0 bridgehead atoms. The Morgan fingerprint density at radius 3 is 1.72 bits per heavy atom. The van der Waals surface area contributed by atoms with E-state index in [1.54, 1.807) is 11.8 Å². The van der Waals surface area contributed by atoms with Gasteiger partial charge in [-0.05, 0) is 60.2 Å². The SMILES string of the molecule is O=C1C(=Cc2ccc(N(c3ccccc3)c3ccccc3)cc2)SCN1c1ccccc1. The van der Waals surface area contributed by atoms with Crippen molar-refractivity contribution in [3.05, 3.63) is 126 Å². The normalized spacial score (nSPS) is 14.7. The molecule has 0 spiro atoms. The summed E-state index contributed by atoms with van der Waals surface area (Å²) in [6.07, 6.45) is 1.98. The number of anilines is 4. The summed E-state index contributed by atoms with van der Waals surface area (Å²) in [5, 5.41) is 0. The third-order valence-electron chi connectivity index (χ3n) is 5.35. The maximum absolute atomic E-state index is 12.9. The number of hydrogen-bond donors (Lipinski definition) is 0. The van der Waals surface area contributed by atoms with Crippen LogP contribution in [0, 0.1) is 0 Å². The first-order valence-corrected chi connectivity index (χ1v) is 11.5. The maximum Gasteiger partial charge on any atom is 0.265 e. The number of benzene rings is 4. The van der Waals surface area contributed by atoms with Gasteiger partial charge in [0.1, 0.15) is 0 Å². The molecule has 156 valence electrons. The zero-order chi connectivity index (χ0) is 21.8. The summed E-state index contributed by atoms with van der Waals surface area (Å²) in [7, 11) is 0. The predicted molar refractivity (Wildman–Crippen MR) is 135 cm³/mol. The molecular formula is C28H22N2OS. The Bertz CT molecular complexity index is 1180. The molecule has 0 unspecified atom stereocenters. The van der Waals surface area contributed by atoms with Crippen LogP contribution in [0.4, 0.5) is 22.7 Å². The van der Waals surface area contributed by atoms with Gasteiger partial charge in [0.2, 0.25) is 0 Å². The van der Waals surface area contributed by atoms with Gasteiger partial charge in [0.25, 0.3) is 5.91 Å². The molecule has 1 aliphatic rings. The Balaban J connectivity index is 1.41. The molecule has 0 radical (unpaired) electrons. The van der Waals surface area contributed by atoms with E-state index < -0.39 is 0 Å². The summed E-state index contributed by atoms with van der Waals surface area (Å²) in [6.45, 7) is 0. The number of nitrogens with zero attached hydrogens (tertiary/aromatic N) is 2. The van der Waals surface area contributed by atoms with Gasteiger partial charge in [0, 0.05) is 22.7 Å². The quantitative estimate of drug-likeness (QED) is 0.309. The van der Waals surface area contributed by atoms with E-state index in [9.17, 15) is 4.79 Å². The lowest BCUT2D eigenvalue weighted by molar-refractivity contribution is -0.113. The molecule has 0 saturated carbocycles. The highest BCUT2D eigenvalue weighted by Crippen LogP contribution is 2.36. The van der Waals surface area contributed by atoms with E-state index in [2.05, 4.69) is 53.4 Å². The molecule has 4 aromatic rings. The van der Waals surface area contributed by atoms with Crippen LogP contribution in [0.1, 0.15) is 5.56 Å². The van der Waals surface area contributed by atoms with E-state index in [-0.39, 0.29) is 5.91 Å². The van der Waals surface area contributed by atoms with Crippen molar-refractivity contribution >= 4 is 46.5 Å². The minimum Gasteiger partial charge on any atom is -0.311 e. The lowest BCUT2D eigenvalue weighted by Crippen LogP contribution is -2.24. The summed E-state index contributed by atoms with van der Waals surface area (Å²) in [4.78, 5) is 17.7. The Labute approximate surface area is 192 Å². The zero-order valence-corrected chi connectivity index (χ0v) is 18.3. The molecule has 1 heterocycles. The summed E-state index contributed by atoms with van der Waals surface area (Å²) in [5.74, 6) is 0.697. The van der Waals surface area contributed by atoms with E-state index in [1.807, 2.05) is 77.7 Å². The van der Waals surface area contributed by atoms with Gasteiger partial charge in [-0.2, -0.15) is 0 Å². The van der Waals surface area contributed by atoms with Crippen molar-refractivity contribution in [3.8, 4) is 0 Å². The molecule has 0 aromatic heterocycles. The molecule has 32 heavy (non-hydrogen) atoms. The standard InChI is InChI=1S/C28H22N2OS/c31-28-27(32-21-29(28)23-10-4-1-5-11-23)20-22-16-18-26(19-17-22)30(24-12-6-2-7-13-24)25-14-8-3-9-15-25/h1-20H,21H2. The lowest BCUT2D eigenvalue weighted by atomic mass is 10.1. The molecule has 0 atom stereocenters. The maximum atomic E-state index is 12.9. The van der Waals surface area contributed by atoms with Crippen LogP contribution in [0.3, 0.4) is 0 Å². The van der Waals surface area contributed by atoms with Gasteiger partial charge < -0.3 is 4.90 Å². The first-order chi connectivity index (χ1) is 15.8. The first-order valence-electron chi connectivity index (χ1n) is 10.5. The van der Waals surface area contributed by atoms with Gasteiger partial charge in [-0.15, -0.1) is 0 Å². The van der Waals surface area contributed by atoms with Crippen LogP contribution in [0.25, 0.3) is 6.08 Å². The number of para-hydroxylation sites is 3. The van der Waals surface area contributed by atoms with Crippen molar-refractivity contribution in [2.45, 2.75) is 0 Å². The number of carbonyl (C=O) groups is 1. The van der Waals surface area contributed by atoms with Gasteiger partial charge in [0.15, 0.2) is 0 Å². The van der Waals surface area contributed by atoms with Crippen molar-refractivity contribution in [1.82, 2.24) is 0 Å². The van der Waals surface area contributed by atoms with Gasteiger partial charge in [0.05, 0.1) is 10.8 Å². The van der Waals surface area contributed by atoms with E-state index in [4.69, 9.17) is 0 Å². The zero-order valence-electron chi connectivity index (χ0n) is 17.5. The molecule has 0 N–H and O–H groups in total. The lowest BCUT2D eigenvalue weighted by Gasteiger charge is -2.25. The summed E-state index contributed by atoms with van der Waals surface area (Å²) < 4.78 is 0. The highest BCUT2D eigenvalue weighted by Gasteiger charge is 2.27. The van der Waals surface area contributed by atoms with Crippen molar-refractivity contribution in [2.24, 2.45) is 0 Å². The number of carbonyl (C=O) groups excluding carboxylic acids is 1. The molecular weight excluding hydrogens is 412 g/mol. The minimum atomic E-state index is 0.0560. The number of rotatable bonds is 5. The van der Waals surface area contributed by atoms with Crippen molar-refractivity contribution in [3.63, 3.8) is 0 Å². The van der Waals surface area contributed by atoms with Gasteiger partial charge in [-0.1, -0.05) is 78.5 Å². The number of hydrogen-bond acceptors (Lipinski definition) is 3. The topological polar surface area (TPSA) is 23.6 Å². The predicted octanol–water partition coefficient (Wildman–Crippen LogP) is 7.23. The fourth-order valence-electron chi connectivity index (χ4n) is 3.76. The highest BCUT2D eigenvalue weighted by molar-refractivity contribution is 8.04. The molecule has 1 saturated heterocycles. The Morgan fingerprint density at radius 1 is 0.656 bits per heavy atom. The van der Waals surface area contributed by atoms with Crippen molar-refractivity contribution < 1.29 is 4.79 Å². The Morgan fingerprint density at radius 2 is 1.16 bits per heavy atom. The summed E-state index contributed by atoms with van der Waals surface area (Å²) in [6, 6.07) is 38.8.